The number of rotatable bonds is 12. The van der Waals surface area contributed by atoms with Gasteiger partial charge in [0.2, 0.25) is 5.95 Å². The summed E-state index contributed by atoms with van der Waals surface area (Å²) in [6.45, 7) is 11.3. The molecule has 1 unspecified atom stereocenters. The van der Waals surface area contributed by atoms with Crippen LogP contribution in [0.15, 0.2) is 30.5 Å². The van der Waals surface area contributed by atoms with Crippen LogP contribution in [0.1, 0.15) is 68.2 Å². The van der Waals surface area contributed by atoms with Crippen LogP contribution in [-0.4, -0.2) is 76.8 Å². The Morgan fingerprint density at radius 3 is 2.44 bits per heavy atom. The van der Waals surface area contributed by atoms with Gasteiger partial charge >= 0.3 is 0 Å². The Kier molecular flexibility index (Phi) is 9.74. The van der Waals surface area contributed by atoms with Crippen LogP contribution >= 0.6 is 0 Å². The van der Waals surface area contributed by atoms with Crippen LogP contribution < -0.4 is 5.32 Å². The van der Waals surface area contributed by atoms with Crippen molar-refractivity contribution in [2.45, 2.75) is 71.9 Å². The molecule has 3 heterocycles. The minimum Gasteiger partial charge on any atom is -0.330 e. The summed E-state index contributed by atoms with van der Waals surface area (Å²) in [5.41, 5.74) is 1.71. The summed E-state index contributed by atoms with van der Waals surface area (Å²) in [5.74, 6) is -0.992. The van der Waals surface area contributed by atoms with Crippen LogP contribution in [-0.2, 0) is 0 Å². The van der Waals surface area contributed by atoms with E-state index in [1.54, 1.807) is 25.2 Å². The fourth-order valence-electron chi connectivity index (χ4n) is 5.94. The van der Waals surface area contributed by atoms with E-state index >= 15 is 4.39 Å². The molecule has 3 aromatic rings. The van der Waals surface area contributed by atoms with Crippen molar-refractivity contribution in [2.75, 3.05) is 33.2 Å². The van der Waals surface area contributed by atoms with E-state index in [1.165, 1.54) is 12.1 Å². The number of nitrogens with zero attached hydrogens (tertiary/aromatic N) is 4. The highest BCUT2D eigenvalue weighted by Crippen LogP contribution is 2.38. The van der Waals surface area contributed by atoms with E-state index in [1.807, 2.05) is 19.3 Å². The zero-order valence-corrected chi connectivity index (χ0v) is 24.7. The zero-order valence-electron chi connectivity index (χ0n) is 24.7. The van der Waals surface area contributed by atoms with Gasteiger partial charge < -0.3 is 14.6 Å². The molecule has 0 bridgehead atoms. The van der Waals surface area contributed by atoms with E-state index in [0.29, 0.717) is 23.3 Å². The number of hydrogen-bond donors (Lipinski definition) is 1. The molecule has 1 N–H and O–H groups in total. The number of carbonyl (C=O) groups is 1. The Balaban J connectivity index is 1.76. The predicted octanol–water partition coefficient (Wildman–Crippen LogP) is 6.13. The Hall–Kier alpha value is -2.98. The van der Waals surface area contributed by atoms with Gasteiger partial charge in [0.05, 0.1) is 12.1 Å². The maximum atomic E-state index is 15.2. The quantitative estimate of drug-likeness (QED) is 0.209. The molecule has 1 aliphatic rings. The first-order valence-electron chi connectivity index (χ1n) is 14.4. The number of hydrogen-bond acceptors (Lipinski definition) is 4. The standard InChI is InChI=1S/C31H41F4N5O/c1-18(2)27(8-7-11-36-6)38-14-22(15-38)21-12-25(29-30(35)37-20(5)40(29)16-21)24-10-9-23(32)13-26(24)31(41)39(19(3)4)17-28(33)34/h9-10,12-13,16,18-19,22,27-28,36H,7-8,11,14-15,17H2,1-6H3. The van der Waals surface area contributed by atoms with Crippen molar-refractivity contribution in [3.05, 3.63) is 59.2 Å². The van der Waals surface area contributed by atoms with Gasteiger partial charge in [-0.05, 0) is 82.4 Å². The minimum absolute atomic E-state index is 0.0868. The number of carbonyl (C=O) groups excluding carboxylic acids is 1. The lowest BCUT2D eigenvalue weighted by atomic mass is 9.85. The second-order valence-electron chi connectivity index (χ2n) is 11.7. The van der Waals surface area contributed by atoms with Crippen LogP contribution in [0.5, 0.6) is 0 Å². The molecule has 1 amide bonds. The smallest absolute Gasteiger partial charge is 0.255 e. The minimum atomic E-state index is -2.75. The number of amides is 1. The molecular weight excluding hydrogens is 534 g/mol. The molecule has 6 nitrogen and oxygen atoms in total. The molecule has 4 rings (SSSR count). The predicted molar refractivity (Wildman–Crippen MR) is 154 cm³/mol. The average Bonchev–Trinajstić information content (AvgIpc) is 3.17. The molecule has 1 fully saturated rings. The molecule has 0 aliphatic carbocycles. The van der Waals surface area contributed by atoms with Crippen LogP contribution in [0.4, 0.5) is 17.6 Å². The number of benzene rings is 1. The van der Waals surface area contributed by atoms with E-state index in [-0.39, 0.29) is 22.6 Å². The Labute approximate surface area is 239 Å². The molecule has 2 aromatic heterocycles. The fourth-order valence-corrected chi connectivity index (χ4v) is 5.94. The second-order valence-corrected chi connectivity index (χ2v) is 11.7. The lowest BCUT2D eigenvalue weighted by molar-refractivity contribution is 0.0476. The summed E-state index contributed by atoms with van der Waals surface area (Å²) in [5, 5.41) is 3.21. The number of likely N-dealkylation sites (tertiary alicyclic amines) is 1. The highest BCUT2D eigenvalue weighted by molar-refractivity contribution is 6.03. The fraction of sp³-hybridized carbons (Fsp3) is 0.548. The Morgan fingerprint density at radius 1 is 1.12 bits per heavy atom. The van der Waals surface area contributed by atoms with Crippen LogP contribution in [0.25, 0.3) is 16.6 Å². The van der Waals surface area contributed by atoms with Gasteiger partial charge in [-0.25, -0.2) is 18.2 Å². The summed E-state index contributed by atoms with van der Waals surface area (Å²) in [6, 6.07) is 5.43. The van der Waals surface area contributed by atoms with Gasteiger partial charge in [0.15, 0.2) is 0 Å². The van der Waals surface area contributed by atoms with E-state index in [4.69, 9.17) is 0 Å². The third-order valence-corrected chi connectivity index (χ3v) is 8.16. The first-order valence-corrected chi connectivity index (χ1v) is 14.4. The molecule has 0 spiro atoms. The van der Waals surface area contributed by atoms with Crippen LogP contribution in [0.3, 0.4) is 0 Å². The summed E-state index contributed by atoms with van der Waals surface area (Å²) < 4.78 is 58.1. The lowest BCUT2D eigenvalue weighted by Gasteiger charge is -2.46. The number of aromatic nitrogens is 2. The van der Waals surface area contributed by atoms with Gasteiger partial charge in [-0.3, -0.25) is 9.69 Å². The third kappa shape index (κ3) is 6.59. The molecule has 1 aromatic carbocycles. The first-order chi connectivity index (χ1) is 19.4. The summed E-state index contributed by atoms with van der Waals surface area (Å²) in [4.78, 5) is 21.1. The van der Waals surface area contributed by atoms with E-state index in [9.17, 15) is 18.0 Å². The molecule has 10 heteroatoms. The average molecular weight is 576 g/mol. The highest BCUT2D eigenvalue weighted by Gasteiger charge is 2.35. The van der Waals surface area contributed by atoms with Crippen molar-refractivity contribution in [2.24, 2.45) is 5.92 Å². The SMILES string of the molecule is CNCCCC(C(C)C)N1CC(c2cc(-c3ccc(F)cc3C(=O)N(CC(F)F)C(C)C)c3c(F)nc(C)n3c2)C1. The molecular formula is C31H41F4N5O. The molecule has 1 saturated heterocycles. The monoisotopic (exact) mass is 575 g/mol. The maximum absolute atomic E-state index is 15.2. The van der Waals surface area contributed by atoms with Gasteiger partial charge in [-0.1, -0.05) is 19.9 Å². The van der Waals surface area contributed by atoms with Gasteiger partial charge in [0, 0.05) is 42.9 Å². The maximum Gasteiger partial charge on any atom is 0.255 e. The number of pyridine rings is 1. The lowest BCUT2D eigenvalue weighted by Crippen LogP contribution is -2.52. The Morgan fingerprint density at radius 2 is 1.83 bits per heavy atom. The van der Waals surface area contributed by atoms with Crippen molar-refractivity contribution in [1.29, 1.82) is 0 Å². The third-order valence-electron chi connectivity index (χ3n) is 8.16. The normalized spacial score (nSPS) is 15.3. The molecule has 0 radical (unpaired) electrons. The number of nitrogens with one attached hydrogen (secondary N) is 1. The van der Waals surface area contributed by atoms with Gasteiger partial charge in [-0.15, -0.1) is 0 Å². The summed E-state index contributed by atoms with van der Waals surface area (Å²) >= 11 is 0. The molecule has 0 saturated carbocycles. The van der Waals surface area contributed by atoms with Gasteiger partial charge in [0.25, 0.3) is 12.3 Å². The molecule has 41 heavy (non-hydrogen) atoms. The molecule has 1 aliphatic heterocycles. The second kappa shape index (κ2) is 12.9. The van der Waals surface area contributed by atoms with E-state index < -0.39 is 36.7 Å². The number of imidazole rings is 1. The van der Waals surface area contributed by atoms with E-state index in [0.717, 1.165) is 49.0 Å². The molecule has 224 valence electrons. The summed E-state index contributed by atoms with van der Waals surface area (Å²) in [7, 11) is 1.96. The van der Waals surface area contributed by atoms with Crippen molar-refractivity contribution < 1.29 is 22.4 Å². The van der Waals surface area contributed by atoms with Gasteiger partial charge in [0.1, 0.15) is 17.2 Å². The number of fused-ring (bicyclic) bond motifs is 1. The highest BCUT2D eigenvalue weighted by atomic mass is 19.3. The Bertz CT molecular complexity index is 1370. The van der Waals surface area contributed by atoms with Crippen molar-refractivity contribution in [3.8, 4) is 11.1 Å². The van der Waals surface area contributed by atoms with Crippen LogP contribution in [0, 0.1) is 24.6 Å². The number of halogens is 4. The zero-order chi connectivity index (χ0) is 30.0. The molecule has 1 atom stereocenters. The van der Waals surface area contributed by atoms with Crippen molar-refractivity contribution in [1.82, 2.24) is 24.5 Å². The van der Waals surface area contributed by atoms with Crippen molar-refractivity contribution in [3.63, 3.8) is 0 Å². The number of aryl methyl sites for hydroxylation is 1. The topological polar surface area (TPSA) is 52.9 Å². The van der Waals surface area contributed by atoms with E-state index in [2.05, 4.69) is 29.0 Å². The van der Waals surface area contributed by atoms with Crippen molar-refractivity contribution >= 4 is 11.4 Å². The number of alkyl halides is 2. The summed E-state index contributed by atoms with van der Waals surface area (Å²) in [6.07, 6.45) is 1.32. The first kappa shape index (κ1) is 31.0. The largest absolute Gasteiger partial charge is 0.330 e. The van der Waals surface area contributed by atoms with Crippen LogP contribution in [0.2, 0.25) is 0 Å². The van der Waals surface area contributed by atoms with Gasteiger partial charge in [-0.2, -0.15) is 4.39 Å².